The van der Waals surface area contributed by atoms with E-state index < -0.39 is 5.82 Å². The lowest BCUT2D eigenvalue weighted by molar-refractivity contribution is -0.118. The Morgan fingerprint density at radius 1 is 1.11 bits per heavy atom. The largest absolute Gasteiger partial charge is 0.339 e. The van der Waals surface area contributed by atoms with E-state index >= 15 is 0 Å². The Labute approximate surface area is 164 Å². The number of carbonyl (C=O) groups is 1. The summed E-state index contributed by atoms with van der Waals surface area (Å²) in [6.07, 6.45) is 1.64. The van der Waals surface area contributed by atoms with Crippen molar-refractivity contribution in [3.05, 3.63) is 65.0 Å². The van der Waals surface area contributed by atoms with Crippen molar-refractivity contribution in [2.24, 2.45) is 0 Å². The topological polar surface area (TPSA) is 59.2 Å². The summed E-state index contributed by atoms with van der Waals surface area (Å²) in [5.74, 6) is -0.502. The number of benzene rings is 2. The van der Waals surface area contributed by atoms with Crippen molar-refractivity contribution in [2.45, 2.75) is 25.2 Å². The number of aromatic nitrogens is 2. The van der Waals surface area contributed by atoms with Gasteiger partial charge in [0.15, 0.2) is 0 Å². The third-order valence-corrected chi connectivity index (χ3v) is 5.07. The zero-order valence-electron chi connectivity index (χ0n) is 14.7. The first-order chi connectivity index (χ1) is 13.5. The smallest absolute Gasteiger partial charge is 0.230 e. The fourth-order valence-electron chi connectivity index (χ4n) is 3.33. The van der Waals surface area contributed by atoms with E-state index in [2.05, 4.69) is 10.1 Å². The highest BCUT2D eigenvalue weighted by Gasteiger charge is 2.29. The van der Waals surface area contributed by atoms with E-state index in [0.29, 0.717) is 30.1 Å². The van der Waals surface area contributed by atoms with E-state index in [9.17, 15) is 13.6 Å². The minimum absolute atomic E-state index is 0.0892. The second-order valence-corrected chi connectivity index (χ2v) is 7.05. The molecule has 0 N–H and O–H groups in total. The van der Waals surface area contributed by atoms with Crippen LogP contribution in [0, 0.1) is 11.6 Å². The Hall–Kier alpha value is -2.80. The molecule has 1 amide bonds. The standard InChI is InChI=1S/C20H16ClF2N3O2/c21-17-11-14(23)5-8-16(17)19-24-20(28-25-19)12-2-1-9-26(18(27)10-12)15-6-3-13(22)4-7-15/h3-8,11-12H,1-2,9-10H2. The maximum Gasteiger partial charge on any atom is 0.230 e. The van der Waals surface area contributed by atoms with Crippen LogP contribution in [-0.4, -0.2) is 22.6 Å². The van der Waals surface area contributed by atoms with Crippen LogP contribution >= 0.6 is 11.6 Å². The van der Waals surface area contributed by atoms with Crippen molar-refractivity contribution >= 4 is 23.2 Å². The van der Waals surface area contributed by atoms with Crippen molar-refractivity contribution < 1.29 is 18.1 Å². The molecule has 0 saturated carbocycles. The van der Waals surface area contributed by atoms with Crippen LogP contribution in [0.1, 0.15) is 31.1 Å². The number of carbonyl (C=O) groups excluding carboxylic acids is 1. The highest BCUT2D eigenvalue weighted by atomic mass is 35.5. The normalized spacial score (nSPS) is 17.6. The van der Waals surface area contributed by atoms with Gasteiger partial charge in [-0.05, 0) is 55.3 Å². The SMILES string of the molecule is O=C1CC(c2nc(-c3ccc(F)cc3Cl)no2)CCCN1c1ccc(F)cc1. The van der Waals surface area contributed by atoms with Crippen LogP contribution in [0.25, 0.3) is 11.4 Å². The van der Waals surface area contributed by atoms with Gasteiger partial charge in [-0.3, -0.25) is 4.79 Å². The summed E-state index contributed by atoms with van der Waals surface area (Å²) in [6, 6.07) is 9.80. The van der Waals surface area contributed by atoms with Gasteiger partial charge in [-0.15, -0.1) is 0 Å². The molecule has 0 spiro atoms. The summed E-state index contributed by atoms with van der Waals surface area (Å²) in [4.78, 5) is 18.8. The number of anilines is 1. The highest BCUT2D eigenvalue weighted by molar-refractivity contribution is 6.33. The van der Waals surface area contributed by atoms with Gasteiger partial charge in [-0.25, -0.2) is 8.78 Å². The molecule has 0 radical (unpaired) electrons. The molecule has 8 heteroatoms. The van der Waals surface area contributed by atoms with Crippen LogP contribution in [0.4, 0.5) is 14.5 Å². The van der Waals surface area contributed by atoms with Crippen LogP contribution in [0.5, 0.6) is 0 Å². The average molecular weight is 404 g/mol. The molecule has 28 heavy (non-hydrogen) atoms. The maximum absolute atomic E-state index is 13.2. The average Bonchev–Trinajstić information content (AvgIpc) is 3.06. The summed E-state index contributed by atoms with van der Waals surface area (Å²) in [7, 11) is 0. The first-order valence-electron chi connectivity index (χ1n) is 8.86. The maximum atomic E-state index is 13.2. The van der Waals surface area contributed by atoms with E-state index in [-0.39, 0.29) is 34.9 Å². The number of hydrogen-bond donors (Lipinski definition) is 0. The molecule has 1 aliphatic rings. The predicted octanol–water partition coefficient (Wildman–Crippen LogP) is 4.97. The van der Waals surface area contributed by atoms with Crippen LogP contribution < -0.4 is 4.90 Å². The summed E-state index contributed by atoms with van der Waals surface area (Å²) in [6.45, 7) is 0.533. The fourth-order valence-corrected chi connectivity index (χ4v) is 3.58. The molecule has 0 bridgehead atoms. The molecule has 5 nitrogen and oxygen atoms in total. The predicted molar refractivity (Wildman–Crippen MR) is 100 cm³/mol. The van der Waals surface area contributed by atoms with E-state index in [0.717, 1.165) is 6.42 Å². The van der Waals surface area contributed by atoms with Gasteiger partial charge in [0.1, 0.15) is 11.6 Å². The lowest BCUT2D eigenvalue weighted by Gasteiger charge is -2.20. The first-order valence-corrected chi connectivity index (χ1v) is 9.24. The molecule has 1 aliphatic heterocycles. The zero-order chi connectivity index (χ0) is 19.7. The number of amides is 1. The molecule has 1 fully saturated rings. The minimum Gasteiger partial charge on any atom is -0.339 e. The number of rotatable bonds is 3. The van der Waals surface area contributed by atoms with Gasteiger partial charge >= 0.3 is 0 Å². The molecule has 4 rings (SSSR count). The van der Waals surface area contributed by atoms with Gasteiger partial charge in [0.05, 0.1) is 5.02 Å². The highest BCUT2D eigenvalue weighted by Crippen LogP contribution is 2.32. The van der Waals surface area contributed by atoms with Crippen LogP contribution in [0.3, 0.4) is 0 Å². The van der Waals surface area contributed by atoms with Crippen molar-refractivity contribution in [3.63, 3.8) is 0 Å². The Balaban J connectivity index is 1.53. The molecule has 1 saturated heterocycles. The van der Waals surface area contributed by atoms with Gasteiger partial charge in [0.25, 0.3) is 0 Å². The zero-order valence-corrected chi connectivity index (χ0v) is 15.5. The first kappa shape index (κ1) is 18.6. The van der Waals surface area contributed by atoms with Gasteiger partial charge in [-0.1, -0.05) is 16.8 Å². The summed E-state index contributed by atoms with van der Waals surface area (Å²) in [5, 5.41) is 4.12. The van der Waals surface area contributed by atoms with Crippen LogP contribution in [-0.2, 0) is 4.79 Å². The Morgan fingerprint density at radius 3 is 2.61 bits per heavy atom. The van der Waals surface area contributed by atoms with E-state index in [1.54, 1.807) is 17.0 Å². The number of halogens is 3. The van der Waals surface area contributed by atoms with Crippen molar-refractivity contribution in [2.75, 3.05) is 11.4 Å². The van der Waals surface area contributed by atoms with Crippen LogP contribution in [0.15, 0.2) is 47.0 Å². The van der Waals surface area contributed by atoms with Gasteiger partial charge in [-0.2, -0.15) is 4.98 Å². The second kappa shape index (κ2) is 7.67. The second-order valence-electron chi connectivity index (χ2n) is 6.65. The summed E-state index contributed by atoms with van der Waals surface area (Å²) in [5.41, 5.74) is 1.13. The third-order valence-electron chi connectivity index (χ3n) is 4.76. The van der Waals surface area contributed by atoms with Crippen molar-refractivity contribution in [3.8, 4) is 11.4 Å². The summed E-state index contributed by atoms with van der Waals surface area (Å²) >= 11 is 6.06. The molecule has 3 aromatic rings. The van der Waals surface area contributed by atoms with E-state index in [1.807, 2.05) is 0 Å². The van der Waals surface area contributed by atoms with Crippen molar-refractivity contribution in [1.29, 1.82) is 0 Å². The molecule has 1 aromatic heterocycles. The van der Waals surface area contributed by atoms with Crippen LogP contribution in [0.2, 0.25) is 5.02 Å². The van der Waals surface area contributed by atoms with E-state index in [1.165, 1.54) is 30.3 Å². The molecule has 1 atom stereocenters. The monoisotopic (exact) mass is 403 g/mol. The van der Waals surface area contributed by atoms with Gasteiger partial charge in [0.2, 0.25) is 17.6 Å². The molecule has 144 valence electrons. The Morgan fingerprint density at radius 2 is 1.86 bits per heavy atom. The number of nitrogens with zero attached hydrogens (tertiary/aromatic N) is 3. The fraction of sp³-hybridized carbons (Fsp3) is 0.250. The lowest BCUT2D eigenvalue weighted by atomic mass is 10.0. The molecule has 0 aliphatic carbocycles. The Bertz CT molecular complexity index is 1010. The molecular formula is C20H16ClF2N3O2. The van der Waals surface area contributed by atoms with Crippen molar-refractivity contribution in [1.82, 2.24) is 10.1 Å². The molecular weight excluding hydrogens is 388 g/mol. The Kier molecular flexibility index (Phi) is 5.09. The van der Waals surface area contributed by atoms with Gasteiger partial charge < -0.3 is 9.42 Å². The molecule has 2 aromatic carbocycles. The quantitative estimate of drug-likeness (QED) is 0.619. The molecule has 1 unspecified atom stereocenters. The number of hydrogen-bond acceptors (Lipinski definition) is 4. The minimum atomic E-state index is -0.451. The summed E-state index contributed by atoms with van der Waals surface area (Å²) < 4.78 is 31.8. The third kappa shape index (κ3) is 3.75. The lowest BCUT2D eigenvalue weighted by Crippen LogP contribution is -2.30. The molecule has 2 heterocycles. The van der Waals surface area contributed by atoms with Gasteiger partial charge in [0, 0.05) is 30.1 Å². The van der Waals surface area contributed by atoms with E-state index in [4.69, 9.17) is 16.1 Å².